The number of hydrogen-bond donors (Lipinski definition) is 7. The molecule has 13 rings (SSSR count). The number of aromatic nitrogens is 7. The van der Waals surface area contributed by atoms with Crippen LogP contribution in [0.25, 0.3) is 10.9 Å². The Morgan fingerprint density at radius 1 is 0.635 bits per heavy atom. The van der Waals surface area contributed by atoms with Crippen molar-refractivity contribution >= 4 is 67.4 Å². The molecule has 0 bridgehead atoms. The Morgan fingerprint density at radius 3 is 1.58 bits per heavy atom. The Morgan fingerprint density at radius 2 is 1.16 bits per heavy atom. The Bertz CT molecular complexity index is 3290. The first kappa shape index (κ1) is 76.0. The predicted molar refractivity (Wildman–Crippen MR) is 369 cm³/mol. The van der Waals surface area contributed by atoms with Crippen molar-refractivity contribution in [3.05, 3.63) is 294 Å². The molecule has 4 aromatic heterocycles. The molecule has 0 saturated carbocycles. The number of anilines is 1. The van der Waals surface area contributed by atoms with Crippen LogP contribution in [0.1, 0.15) is 76.4 Å². The first-order chi connectivity index (χ1) is 40.8. The van der Waals surface area contributed by atoms with E-state index in [1.807, 2.05) is 142 Å². The van der Waals surface area contributed by atoms with Crippen molar-refractivity contribution in [3.63, 3.8) is 0 Å². The van der Waals surface area contributed by atoms with Crippen molar-refractivity contribution in [3.8, 4) is 6.07 Å². The van der Waals surface area contributed by atoms with Gasteiger partial charge in [0.25, 0.3) is 0 Å². The summed E-state index contributed by atoms with van der Waals surface area (Å²) in [5, 5.41) is 18.0. The van der Waals surface area contributed by atoms with Crippen LogP contribution in [0, 0.1) is 73.3 Å². The van der Waals surface area contributed by atoms with E-state index in [0.717, 1.165) is 46.9 Å². The normalized spacial score (nSPS) is 9.62. The van der Waals surface area contributed by atoms with Gasteiger partial charge in [-0.15, -0.1) is 0 Å². The van der Waals surface area contributed by atoms with E-state index in [-0.39, 0.29) is 14.9 Å². The fourth-order valence-corrected chi connectivity index (χ4v) is 6.94. The molecule has 0 fully saturated rings. The van der Waals surface area contributed by atoms with E-state index in [0.29, 0.717) is 0 Å². The fourth-order valence-electron chi connectivity index (χ4n) is 6.94. The van der Waals surface area contributed by atoms with Gasteiger partial charge in [0.1, 0.15) is 17.6 Å². The van der Waals surface area contributed by atoms with E-state index in [1.165, 1.54) is 62.1 Å². The van der Waals surface area contributed by atoms with E-state index in [2.05, 4.69) is 211 Å². The van der Waals surface area contributed by atoms with Crippen LogP contribution in [0.2, 0.25) is 0 Å². The molecule has 0 spiro atoms. The molecule has 2 aliphatic heterocycles. The molecule has 0 amide bonds. The maximum Gasteiger partial charge on any atom is 0.241 e. The van der Waals surface area contributed by atoms with Crippen molar-refractivity contribution in [2.75, 3.05) is 11.9 Å². The molecular formula is C70H91N12PS2+2. The number of nitrogens with one attached hydrogen (secondary N) is 6. The number of imidazole rings is 3. The zero-order chi connectivity index (χ0) is 62.2. The highest BCUT2D eigenvalue weighted by molar-refractivity contribution is 7.88. The molecule has 6 heterocycles. The molecule has 9 N–H and O–H groups in total. The monoisotopic (exact) mass is 1200 g/mol. The first-order valence-corrected chi connectivity index (χ1v) is 28.1. The van der Waals surface area contributed by atoms with E-state index < -0.39 is 0 Å². The van der Waals surface area contributed by atoms with Crippen molar-refractivity contribution < 1.29 is 15.6 Å². The molecule has 0 aliphatic carbocycles. The Hall–Kier alpha value is -9.01. The van der Waals surface area contributed by atoms with Crippen LogP contribution in [-0.4, -0.2) is 43.8 Å². The second-order valence-corrected chi connectivity index (χ2v) is 18.4. The average molecular weight is 1200 g/mol. The number of nitriles is 1. The van der Waals surface area contributed by atoms with Gasteiger partial charge in [-0.3, -0.25) is 4.99 Å². The topological polar surface area (TPSA) is 192 Å². The van der Waals surface area contributed by atoms with Gasteiger partial charge < -0.3 is 31.3 Å². The molecule has 11 aromatic rings. The maximum absolute atomic E-state index is 8.41. The van der Waals surface area contributed by atoms with Gasteiger partial charge in [0.2, 0.25) is 6.33 Å². The van der Waals surface area contributed by atoms with Gasteiger partial charge in [0.15, 0.2) is 0 Å². The molecule has 12 nitrogen and oxygen atoms in total. The van der Waals surface area contributed by atoms with Crippen molar-refractivity contribution in [2.45, 2.75) is 83.1 Å². The summed E-state index contributed by atoms with van der Waals surface area (Å²) in [4.78, 5) is 23.6. The lowest BCUT2D eigenvalue weighted by molar-refractivity contribution is -0.676. The number of aryl methyl sites for hydroxylation is 9. The second-order valence-electron chi connectivity index (χ2n) is 18.4. The second kappa shape index (κ2) is 48.5. The minimum absolute atomic E-state index is 0. The number of benzene rings is 7. The zero-order valence-corrected chi connectivity index (χ0v) is 52.1. The number of hydrogen-bond acceptors (Lipinski definition) is 6. The third-order valence-corrected chi connectivity index (χ3v) is 11.9. The number of para-hydroxylation sites is 3. The molecule has 85 heavy (non-hydrogen) atoms. The molecule has 0 unspecified atom stereocenters. The summed E-state index contributed by atoms with van der Waals surface area (Å²) in [6.45, 7) is 22.4. The van der Waals surface area contributed by atoms with Gasteiger partial charge in [-0.25, -0.2) is 26.1 Å². The summed E-state index contributed by atoms with van der Waals surface area (Å²) in [7, 11) is 4.56. The number of quaternary nitrogens is 1. The van der Waals surface area contributed by atoms with Crippen LogP contribution >= 0.6 is 21.4 Å². The van der Waals surface area contributed by atoms with Crippen molar-refractivity contribution in [2.24, 2.45) is 12.0 Å². The summed E-state index contributed by atoms with van der Waals surface area (Å²) in [6, 6.07) is 63.2. The SMILES string of the molecule is C.C.C1=Nc2ccccc2C1.Cc1c[nH]c[n+]1C.Cc1cccc(C#N)c1.Cc1ccccc1.Cc1ccccc1C.Cc1ccccc1[NH3+].Cc1cnc[nH]1.Cc1cnc[nH]1.P=S.[2H]S.[C-]#[NH+].c1ccc2[nH]ccc2c1.c1ccc2c(c1)CCN2. The minimum Gasteiger partial charge on any atom is -0.384 e. The standard InChI is InChI=1S/C8H9N.3C8H7N.C8H10.C7H9N.C7H8.C5H8N2.2C4H6N2.CHN.2CH4.HPS.H2S/c3*1-2-4-8-7(3-1)5-6-9-8;1-7-3-2-4-8(5-7)6-9;1-7-5-3-4-6-8(7)2;1-6-4-2-3-5-7(6)8;1-7-5-3-2-4-6-7;1-5-3-6-4-7(5)2;2*1-4-2-5-3-6-4;1-2;;;1-2;/h1-4,9H,5-6H2;1-4,6H,5H2;1-6,9H;2-5H,1H3;3-6H,1-2H3;2-5H,8H2,1H3;2-6H,1H3;3-4H,1-2H3;2*2-3H,1H3,(H,5,6);2H;2*1H4;1H;1H2/p+2/i/hD. The highest BCUT2D eigenvalue weighted by Gasteiger charge is 2.06. The van der Waals surface area contributed by atoms with E-state index in [9.17, 15) is 0 Å². The molecule has 15 heteroatoms. The van der Waals surface area contributed by atoms with Crippen LogP contribution in [-0.2, 0) is 31.7 Å². The Labute approximate surface area is 523 Å². The highest BCUT2D eigenvalue weighted by Crippen LogP contribution is 2.22. The van der Waals surface area contributed by atoms with Gasteiger partial charge in [-0.05, 0) is 139 Å². The third-order valence-electron chi connectivity index (χ3n) is 11.9. The predicted octanol–water partition coefficient (Wildman–Crippen LogP) is 14.7. The van der Waals surface area contributed by atoms with Crippen molar-refractivity contribution in [1.29, 1.82) is 6.39 Å². The molecule has 7 aromatic carbocycles. The number of rotatable bonds is 0. The molecule has 0 saturated heterocycles. The van der Waals surface area contributed by atoms with Gasteiger partial charge in [0, 0.05) is 72.8 Å². The van der Waals surface area contributed by atoms with E-state index >= 15 is 0 Å². The largest absolute Gasteiger partial charge is 0.384 e. The zero-order valence-electron chi connectivity index (χ0n) is 50.4. The van der Waals surface area contributed by atoms with Gasteiger partial charge in [-0.1, -0.05) is 172 Å². The Kier molecular flexibility index (Phi) is 43.4. The summed E-state index contributed by atoms with van der Waals surface area (Å²) in [5.74, 6) is 0. The lowest BCUT2D eigenvalue weighted by atomic mass is 10.1. The summed E-state index contributed by atoms with van der Waals surface area (Å²) in [5.41, 5.74) is 22.0. The maximum atomic E-state index is 8.41. The smallest absolute Gasteiger partial charge is 0.241 e. The van der Waals surface area contributed by atoms with Crippen LogP contribution in [0.4, 0.5) is 17.1 Å². The molecule has 446 valence electrons. The van der Waals surface area contributed by atoms with Gasteiger partial charge in [-0.2, -0.15) is 18.7 Å². The quantitative estimate of drug-likeness (QED) is 0.0451. The Balaban J connectivity index is 0. The number of fused-ring (bicyclic) bond motifs is 3. The number of nitrogens with zero attached hydrogens (tertiary/aromatic N) is 5. The van der Waals surface area contributed by atoms with Gasteiger partial charge >= 0.3 is 0 Å². The molecular weight excluding hydrogens is 1100 g/mol. The van der Waals surface area contributed by atoms with Crippen molar-refractivity contribution in [1.82, 2.24) is 29.9 Å². The summed E-state index contributed by atoms with van der Waals surface area (Å²) >= 11 is 6.67. The van der Waals surface area contributed by atoms with Crippen LogP contribution in [0.3, 0.4) is 0 Å². The third kappa shape index (κ3) is 34.3. The summed E-state index contributed by atoms with van der Waals surface area (Å²) in [6.07, 6.45) is 16.8. The van der Waals surface area contributed by atoms with Gasteiger partial charge in [0.05, 0.1) is 38.1 Å². The highest BCUT2D eigenvalue weighted by atomic mass is 32.4. The van der Waals surface area contributed by atoms with Crippen LogP contribution in [0.15, 0.2) is 231 Å². The summed E-state index contributed by atoms with van der Waals surface area (Å²) < 4.78 is 7.47. The molecule has 0 radical (unpaired) electrons. The number of aliphatic imine (C=N–C) groups is 1. The first-order valence-electron chi connectivity index (χ1n) is 26.9. The van der Waals surface area contributed by atoms with E-state index in [4.69, 9.17) is 18.2 Å². The lowest BCUT2D eigenvalue weighted by Gasteiger charge is -1.94. The van der Waals surface area contributed by atoms with Crippen LogP contribution < -0.4 is 20.9 Å². The minimum atomic E-state index is 0. The molecule has 2 aliphatic rings. The van der Waals surface area contributed by atoms with Crippen LogP contribution in [0.5, 0.6) is 0 Å². The fraction of sp³-hybridized carbons (Fsp3) is 0.200. The number of aromatic amines is 4. The number of H-pyrrole nitrogens is 4. The lowest BCUT2D eigenvalue weighted by Crippen LogP contribution is -2.40. The molecule has 0 atom stereocenters. The average Bonchev–Trinajstić information content (AvgIpc) is 4.64. The van der Waals surface area contributed by atoms with E-state index in [1.54, 1.807) is 31.1 Å².